The number of carbonyl (C=O) groups is 2. The summed E-state index contributed by atoms with van der Waals surface area (Å²) in [4.78, 5) is 24.6. The summed E-state index contributed by atoms with van der Waals surface area (Å²) < 4.78 is 0. The fourth-order valence-corrected chi connectivity index (χ4v) is 2.20. The molecule has 0 aliphatic carbocycles. The summed E-state index contributed by atoms with van der Waals surface area (Å²) in [5.74, 6) is -0.279. The second kappa shape index (κ2) is 7.30. The quantitative estimate of drug-likeness (QED) is 0.871. The first-order valence-corrected chi connectivity index (χ1v) is 8.12. The first kappa shape index (κ1) is 17.7. The molecule has 0 saturated heterocycles. The second-order valence-electron chi connectivity index (χ2n) is 6.75. The van der Waals surface area contributed by atoms with Crippen molar-refractivity contribution in [2.75, 3.05) is 10.6 Å². The third-order valence-corrected chi connectivity index (χ3v) is 3.71. The highest BCUT2D eigenvalue weighted by Gasteiger charge is 2.21. The van der Waals surface area contributed by atoms with Crippen LogP contribution >= 0.6 is 0 Å². The topological polar surface area (TPSA) is 58.2 Å². The van der Waals surface area contributed by atoms with Gasteiger partial charge in [0, 0.05) is 22.4 Å². The average Bonchev–Trinajstić information content (AvgIpc) is 2.54. The van der Waals surface area contributed by atoms with Gasteiger partial charge in [-0.15, -0.1) is 0 Å². The molecule has 2 aromatic carbocycles. The lowest BCUT2D eigenvalue weighted by molar-refractivity contribution is -0.123. The van der Waals surface area contributed by atoms with Crippen LogP contribution in [0.1, 0.15) is 43.6 Å². The van der Waals surface area contributed by atoms with E-state index in [1.165, 1.54) is 0 Å². The predicted octanol–water partition coefficient (Wildman–Crippen LogP) is 4.49. The summed E-state index contributed by atoms with van der Waals surface area (Å²) in [6.45, 7) is 7.59. The van der Waals surface area contributed by atoms with Gasteiger partial charge in [-0.1, -0.05) is 52.0 Å². The molecule has 0 atom stereocenters. The van der Waals surface area contributed by atoms with E-state index in [1.54, 1.807) is 24.3 Å². The molecule has 0 unspecified atom stereocenters. The molecule has 0 fully saturated rings. The molecule has 2 amide bonds. The molecule has 0 radical (unpaired) electrons. The first-order valence-electron chi connectivity index (χ1n) is 8.12. The van der Waals surface area contributed by atoms with Gasteiger partial charge in [0.15, 0.2) is 0 Å². The van der Waals surface area contributed by atoms with Crippen molar-refractivity contribution in [2.45, 2.75) is 34.1 Å². The van der Waals surface area contributed by atoms with Crippen molar-refractivity contribution in [2.24, 2.45) is 5.41 Å². The molecule has 2 rings (SSSR count). The lowest BCUT2D eigenvalue weighted by Crippen LogP contribution is -2.27. The Balaban J connectivity index is 2.16. The molecular weight excluding hydrogens is 300 g/mol. The van der Waals surface area contributed by atoms with Gasteiger partial charge in [-0.2, -0.15) is 0 Å². The van der Waals surface area contributed by atoms with Crippen LogP contribution in [-0.2, 0) is 11.2 Å². The smallest absolute Gasteiger partial charge is 0.255 e. The number of para-hydroxylation sites is 1. The molecule has 0 bridgehead atoms. The Hall–Kier alpha value is -2.62. The summed E-state index contributed by atoms with van der Waals surface area (Å²) in [7, 11) is 0. The number of hydrogen-bond donors (Lipinski definition) is 2. The Morgan fingerprint density at radius 1 is 0.958 bits per heavy atom. The van der Waals surface area contributed by atoms with E-state index in [4.69, 9.17) is 0 Å². The highest BCUT2D eigenvalue weighted by molar-refractivity contribution is 6.05. The zero-order valence-corrected chi connectivity index (χ0v) is 14.6. The highest BCUT2D eigenvalue weighted by atomic mass is 16.2. The van der Waals surface area contributed by atoms with Gasteiger partial charge in [-0.05, 0) is 36.2 Å². The third-order valence-electron chi connectivity index (χ3n) is 3.71. The number of aryl methyl sites for hydroxylation is 1. The SMILES string of the molecule is CCc1ccccc1NC(=O)c1cccc(NC(=O)C(C)(C)C)c1. The highest BCUT2D eigenvalue weighted by Crippen LogP contribution is 2.20. The summed E-state index contributed by atoms with van der Waals surface area (Å²) in [5, 5.41) is 5.78. The van der Waals surface area contributed by atoms with Crippen LogP contribution in [0.4, 0.5) is 11.4 Å². The number of amides is 2. The molecule has 4 nitrogen and oxygen atoms in total. The van der Waals surface area contributed by atoms with Gasteiger partial charge < -0.3 is 10.6 Å². The van der Waals surface area contributed by atoms with Crippen molar-refractivity contribution in [3.63, 3.8) is 0 Å². The normalized spacial score (nSPS) is 11.0. The van der Waals surface area contributed by atoms with Crippen molar-refractivity contribution in [3.8, 4) is 0 Å². The van der Waals surface area contributed by atoms with Gasteiger partial charge in [0.25, 0.3) is 5.91 Å². The summed E-state index contributed by atoms with van der Waals surface area (Å²) in [6, 6.07) is 14.7. The molecule has 0 aliphatic heterocycles. The molecule has 0 spiro atoms. The van der Waals surface area contributed by atoms with E-state index in [0.29, 0.717) is 11.3 Å². The minimum absolute atomic E-state index is 0.0867. The van der Waals surface area contributed by atoms with Gasteiger partial charge in [-0.3, -0.25) is 9.59 Å². The minimum atomic E-state index is -0.488. The van der Waals surface area contributed by atoms with Gasteiger partial charge >= 0.3 is 0 Å². The Morgan fingerprint density at radius 2 is 1.67 bits per heavy atom. The largest absolute Gasteiger partial charge is 0.326 e. The van der Waals surface area contributed by atoms with Crippen molar-refractivity contribution >= 4 is 23.2 Å². The molecule has 2 aromatic rings. The zero-order valence-electron chi connectivity index (χ0n) is 14.6. The number of benzene rings is 2. The lowest BCUT2D eigenvalue weighted by atomic mass is 9.95. The van der Waals surface area contributed by atoms with Crippen LogP contribution < -0.4 is 10.6 Å². The van der Waals surface area contributed by atoms with Gasteiger partial charge in [0.2, 0.25) is 5.91 Å². The second-order valence-corrected chi connectivity index (χ2v) is 6.75. The number of carbonyl (C=O) groups excluding carboxylic acids is 2. The van der Waals surface area contributed by atoms with E-state index in [-0.39, 0.29) is 11.8 Å². The predicted molar refractivity (Wildman–Crippen MR) is 98.3 cm³/mol. The van der Waals surface area contributed by atoms with Crippen molar-refractivity contribution in [3.05, 3.63) is 59.7 Å². The molecule has 0 heterocycles. The summed E-state index contributed by atoms with van der Waals surface area (Å²) >= 11 is 0. The van der Waals surface area contributed by atoms with E-state index in [2.05, 4.69) is 10.6 Å². The van der Waals surface area contributed by atoms with E-state index >= 15 is 0 Å². The molecule has 2 N–H and O–H groups in total. The fraction of sp³-hybridized carbons (Fsp3) is 0.300. The Bertz CT molecular complexity index is 745. The average molecular weight is 324 g/mol. The van der Waals surface area contributed by atoms with E-state index in [1.807, 2.05) is 52.0 Å². The van der Waals surface area contributed by atoms with Crippen molar-refractivity contribution < 1.29 is 9.59 Å². The van der Waals surface area contributed by atoms with Gasteiger partial charge in [-0.25, -0.2) is 0 Å². The minimum Gasteiger partial charge on any atom is -0.326 e. The maximum Gasteiger partial charge on any atom is 0.255 e. The summed E-state index contributed by atoms with van der Waals surface area (Å²) in [5.41, 5.74) is 2.54. The zero-order chi connectivity index (χ0) is 17.7. The van der Waals surface area contributed by atoms with Crippen LogP contribution in [-0.4, -0.2) is 11.8 Å². The van der Waals surface area contributed by atoms with Crippen LogP contribution in [0.5, 0.6) is 0 Å². The van der Waals surface area contributed by atoms with E-state index < -0.39 is 5.41 Å². The standard InChI is InChI=1S/C20H24N2O2/c1-5-14-9-6-7-12-17(14)22-18(23)15-10-8-11-16(13-15)21-19(24)20(2,3)4/h6-13H,5H2,1-4H3,(H,21,24)(H,22,23). The molecule has 0 saturated carbocycles. The molecule has 126 valence electrons. The molecule has 24 heavy (non-hydrogen) atoms. The fourth-order valence-electron chi connectivity index (χ4n) is 2.20. The Kier molecular flexibility index (Phi) is 5.39. The van der Waals surface area contributed by atoms with E-state index in [0.717, 1.165) is 17.7 Å². The third kappa shape index (κ3) is 4.44. The summed E-state index contributed by atoms with van der Waals surface area (Å²) in [6.07, 6.45) is 0.845. The van der Waals surface area contributed by atoms with Crippen molar-refractivity contribution in [1.29, 1.82) is 0 Å². The van der Waals surface area contributed by atoms with Gasteiger partial charge in [0.1, 0.15) is 0 Å². The molecule has 0 aliphatic rings. The Morgan fingerprint density at radius 3 is 2.33 bits per heavy atom. The van der Waals surface area contributed by atoms with Crippen LogP contribution in [0.2, 0.25) is 0 Å². The lowest BCUT2D eigenvalue weighted by Gasteiger charge is -2.18. The van der Waals surface area contributed by atoms with Crippen LogP contribution in [0.25, 0.3) is 0 Å². The molecule has 0 aromatic heterocycles. The van der Waals surface area contributed by atoms with Crippen LogP contribution in [0, 0.1) is 5.41 Å². The Labute approximate surface area is 143 Å². The van der Waals surface area contributed by atoms with Crippen LogP contribution in [0.15, 0.2) is 48.5 Å². The van der Waals surface area contributed by atoms with Gasteiger partial charge in [0.05, 0.1) is 0 Å². The monoisotopic (exact) mass is 324 g/mol. The maximum atomic E-state index is 12.5. The van der Waals surface area contributed by atoms with E-state index in [9.17, 15) is 9.59 Å². The number of nitrogens with one attached hydrogen (secondary N) is 2. The maximum absolute atomic E-state index is 12.5. The number of hydrogen-bond acceptors (Lipinski definition) is 2. The number of anilines is 2. The first-order chi connectivity index (χ1) is 11.3. The molecular formula is C20H24N2O2. The van der Waals surface area contributed by atoms with Crippen molar-refractivity contribution in [1.82, 2.24) is 0 Å². The van der Waals surface area contributed by atoms with Crippen LogP contribution in [0.3, 0.4) is 0 Å². The number of rotatable bonds is 4. The molecule has 4 heteroatoms.